The minimum Gasteiger partial charge on any atom is -0.462 e. The van der Waals surface area contributed by atoms with Crippen molar-refractivity contribution < 1.29 is 13.9 Å². The lowest BCUT2D eigenvalue weighted by atomic mass is 10.2. The Balaban J connectivity index is 2.38. The molecule has 0 aliphatic rings. The number of unbranched alkanes of at least 4 members (excludes halogenated alkanes) is 1. The molecule has 2 rings (SSSR count). The van der Waals surface area contributed by atoms with E-state index in [1.165, 1.54) is 6.07 Å². The Labute approximate surface area is 122 Å². The number of carbonyl (C=O) groups excluding carboxylic acids is 1. The fraction of sp³-hybridized carbons (Fsp3) is 0.400. The first-order chi connectivity index (χ1) is 10.2. The molecule has 0 saturated heterocycles. The molecule has 6 heteroatoms. The molecule has 0 atom stereocenters. The van der Waals surface area contributed by atoms with Gasteiger partial charge in [-0.1, -0.05) is 32.4 Å². The second kappa shape index (κ2) is 6.97. The van der Waals surface area contributed by atoms with E-state index in [2.05, 4.69) is 10.1 Å². The van der Waals surface area contributed by atoms with E-state index in [0.717, 1.165) is 17.5 Å². The summed E-state index contributed by atoms with van der Waals surface area (Å²) in [5.41, 5.74) is 0.233. The third kappa shape index (κ3) is 3.45. The number of carbonyl (C=O) groups is 1. The monoisotopic (exact) mass is 291 g/mol. The zero-order valence-corrected chi connectivity index (χ0v) is 12.2. The third-order valence-electron chi connectivity index (χ3n) is 2.97. The van der Waals surface area contributed by atoms with Crippen LogP contribution in [0.15, 0.2) is 24.3 Å². The fourth-order valence-electron chi connectivity index (χ4n) is 1.80. The zero-order valence-electron chi connectivity index (χ0n) is 12.2. The molecule has 0 bridgehead atoms. The molecular weight excluding hydrogens is 273 g/mol. The largest absolute Gasteiger partial charge is 0.462 e. The van der Waals surface area contributed by atoms with Crippen LogP contribution in [0.5, 0.6) is 6.01 Å². The van der Waals surface area contributed by atoms with Gasteiger partial charge < -0.3 is 4.74 Å². The number of benzene rings is 1. The first kappa shape index (κ1) is 15.2. The topological polar surface area (TPSA) is 57.0 Å². The van der Waals surface area contributed by atoms with Gasteiger partial charge in [-0.25, -0.2) is 4.39 Å². The standard InChI is InChI=1S/C15H18FN3O2/c1-3-5-10-21-15-17-14(19(18-15)13(20)4-2)11-8-6-7-9-12(11)16/h6-9H,3-5,10H2,1-2H3. The van der Waals surface area contributed by atoms with Crippen LogP contribution in [0.3, 0.4) is 0 Å². The van der Waals surface area contributed by atoms with Crippen LogP contribution >= 0.6 is 0 Å². The van der Waals surface area contributed by atoms with Gasteiger partial charge in [0.25, 0.3) is 0 Å². The molecule has 0 aliphatic heterocycles. The van der Waals surface area contributed by atoms with Gasteiger partial charge in [0, 0.05) is 6.42 Å². The highest BCUT2D eigenvalue weighted by Crippen LogP contribution is 2.23. The summed E-state index contributed by atoms with van der Waals surface area (Å²) >= 11 is 0. The van der Waals surface area contributed by atoms with Gasteiger partial charge in [-0.15, -0.1) is 5.10 Å². The summed E-state index contributed by atoms with van der Waals surface area (Å²) in [6.45, 7) is 4.23. The van der Waals surface area contributed by atoms with Gasteiger partial charge in [-0.2, -0.15) is 9.67 Å². The highest BCUT2D eigenvalue weighted by molar-refractivity contribution is 5.82. The van der Waals surface area contributed by atoms with Crippen molar-refractivity contribution in [3.63, 3.8) is 0 Å². The van der Waals surface area contributed by atoms with Crippen LogP contribution in [0.4, 0.5) is 4.39 Å². The van der Waals surface area contributed by atoms with Crippen molar-refractivity contribution in [3.8, 4) is 17.4 Å². The average molecular weight is 291 g/mol. The molecule has 5 nitrogen and oxygen atoms in total. The highest BCUT2D eigenvalue weighted by atomic mass is 19.1. The van der Waals surface area contributed by atoms with Gasteiger partial charge >= 0.3 is 6.01 Å². The van der Waals surface area contributed by atoms with Crippen molar-refractivity contribution in [1.29, 1.82) is 0 Å². The Hall–Kier alpha value is -2.24. The summed E-state index contributed by atoms with van der Waals surface area (Å²) in [4.78, 5) is 16.1. The SMILES string of the molecule is CCCCOc1nc(-c2ccccc2F)n(C(=O)CC)n1. The molecule has 0 saturated carbocycles. The minimum atomic E-state index is -0.449. The Morgan fingerprint density at radius 2 is 2.10 bits per heavy atom. The molecule has 0 fully saturated rings. The summed E-state index contributed by atoms with van der Waals surface area (Å²) < 4.78 is 20.4. The lowest BCUT2D eigenvalue weighted by Gasteiger charge is -2.03. The number of halogens is 1. The Morgan fingerprint density at radius 3 is 2.76 bits per heavy atom. The zero-order chi connectivity index (χ0) is 15.2. The van der Waals surface area contributed by atoms with E-state index in [4.69, 9.17) is 4.74 Å². The molecule has 112 valence electrons. The minimum absolute atomic E-state index is 0.100. The van der Waals surface area contributed by atoms with Crippen molar-refractivity contribution >= 4 is 5.91 Å². The predicted molar refractivity (Wildman–Crippen MR) is 76.7 cm³/mol. The van der Waals surface area contributed by atoms with Crippen molar-refractivity contribution in [2.45, 2.75) is 33.1 Å². The van der Waals surface area contributed by atoms with Crippen LogP contribution in [-0.4, -0.2) is 27.3 Å². The number of ether oxygens (including phenoxy) is 1. The second-order valence-electron chi connectivity index (χ2n) is 4.56. The molecule has 1 aromatic heterocycles. The van der Waals surface area contributed by atoms with E-state index in [9.17, 15) is 9.18 Å². The van der Waals surface area contributed by atoms with E-state index in [-0.39, 0.29) is 29.7 Å². The molecule has 0 unspecified atom stereocenters. The summed E-state index contributed by atoms with van der Waals surface area (Å²) in [7, 11) is 0. The molecule has 0 amide bonds. The Bertz CT molecular complexity index is 625. The van der Waals surface area contributed by atoms with Gasteiger partial charge in [-0.3, -0.25) is 4.79 Å². The van der Waals surface area contributed by atoms with E-state index in [1.807, 2.05) is 6.92 Å². The van der Waals surface area contributed by atoms with Crippen molar-refractivity contribution in [3.05, 3.63) is 30.1 Å². The second-order valence-corrected chi connectivity index (χ2v) is 4.56. The molecule has 0 aliphatic carbocycles. The maximum atomic E-state index is 13.9. The summed E-state index contributed by atoms with van der Waals surface area (Å²) in [5, 5.41) is 4.04. The molecule has 0 radical (unpaired) electrons. The van der Waals surface area contributed by atoms with Crippen molar-refractivity contribution in [1.82, 2.24) is 14.8 Å². The number of nitrogens with zero attached hydrogens (tertiary/aromatic N) is 3. The Morgan fingerprint density at radius 1 is 1.33 bits per heavy atom. The lowest BCUT2D eigenvalue weighted by molar-refractivity contribution is 0.0892. The molecule has 1 aromatic carbocycles. The summed E-state index contributed by atoms with van der Waals surface area (Å²) in [6, 6.07) is 6.26. The van der Waals surface area contributed by atoms with Crippen LogP contribution in [0, 0.1) is 5.82 Å². The molecule has 2 aromatic rings. The van der Waals surface area contributed by atoms with Crippen molar-refractivity contribution in [2.24, 2.45) is 0 Å². The van der Waals surface area contributed by atoms with Crippen LogP contribution in [0.25, 0.3) is 11.4 Å². The number of hydrogen-bond donors (Lipinski definition) is 0. The normalized spacial score (nSPS) is 10.6. The molecule has 0 N–H and O–H groups in total. The number of rotatable bonds is 6. The van der Waals surface area contributed by atoms with E-state index < -0.39 is 5.82 Å². The van der Waals surface area contributed by atoms with Gasteiger partial charge in [0.05, 0.1) is 12.2 Å². The smallest absolute Gasteiger partial charge is 0.336 e. The molecule has 1 heterocycles. The van der Waals surface area contributed by atoms with E-state index in [1.54, 1.807) is 25.1 Å². The van der Waals surface area contributed by atoms with E-state index in [0.29, 0.717) is 6.61 Å². The van der Waals surface area contributed by atoms with Crippen LogP contribution in [-0.2, 0) is 0 Å². The van der Waals surface area contributed by atoms with Crippen LogP contribution < -0.4 is 4.74 Å². The molecule has 21 heavy (non-hydrogen) atoms. The third-order valence-corrected chi connectivity index (χ3v) is 2.97. The van der Waals surface area contributed by atoms with Gasteiger partial charge in [0.2, 0.25) is 5.91 Å². The average Bonchev–Trinajstić information content (AvgIpc) is 2.91. The maximum absolute atomic E-state index is 13.9. The fourth-order valence-corrected chi connectivity index (χ4v) is 1.80. The van der Waals surface area contributed by atoms with Crippen molar-refractivity contribution in [2.75, 3.05) is 6.61 Å². The Kier molecular flexibility index (Phi) is 5.03. The maximum Gasteiger partial charge on any atom is 0.336 e. The quantitative estimate of drug-likeness (QED) is 0.766. The summed E-state index contributed by atoms with van der Waals surface area (Å²) in [6.07, 6.45) is 2.10. The first-order valence-corrected chi connectivity index (χ1v) is 7.05. The van der Waals surface area contributed by atoms with E-state index >= 15 is 0 Å². The van der Waals surface area contributed by atoms with Gasteiger partial charge in [-0.05, 0) is 18.6 Å². The predicted octanol–water partition coefficient (Wildman–Crippen LogP) is 3.31. The number of hydrogen-bond acceptors (Lipinski definition) is 4. The van der Waals surface area contributed by atoms with Crippen LogP contribution in [0.1, 0.15) is 37.9 Å². The lowest BCUT2D eigenvalue weighted by Crippen LogP contribution is -2.13. The highest BCUT2D eigenvalue weighted by Gasteiger charge is 2.19. The number of aromatic nitrogens is 3. The molecular formula is C15H18FN3O2. The molecule has 0 spiro atoms. The van der Waals surface area contributed by atoms with Crippen LogP contribution in [0.2, 0.25) is 0 Å². The van der Waals surface area contributed by atoms with Gasteiger partial charge in [0.1, 0.15) is 5.82 Å². The first-order valence-electron chi connectivity index (χ1n) is 7.05. The van der Waals surface area contributed by atoms with Gasteiger partial charge in [0.15, 0.2) is 5.82 Å². The summed E-state index contributed by atoms with van der Waals surface area (Å²) in [5.74, 6) is -0.535.